The van der Waals surface area contributed by atoms with Gasteiger partial charge in [-0.15, -0.1) is 11.3 Å². The van der Waals surface area contributed by atoms with Gasteiger partial charge in [0.05, 0.1) is 5.69 Å². The standard InChI is InChI=1S/C17H16N4O2S/c18-16-21-15(10-24-16)12-2-1-3-14(8-12)20-13-6-4-11(5-7-13)9-19-17(22)23/h1-8,10,19-20H,9H2,(H2,18,21)(H,22,23). The van der Waals surface area contributed by atoms with Crippen molar-refractivity contribution in [2.45, 2.75) is 6.54 Å². The Hall–Kier alpha value is -3.06. The van der Waals surface area contributed by atoms with E-state index in [0.29, 0.717) is 5.13 Å². The molecule has 0 spiro atoms. The summed E-state index contributed by atoms with van der Waals surface area (Å²) >= 11 is 1.42. The normalized spacial score (nSPS) is 10.3. The van der Waals surface area contributed by atoms with Crippen molar-refractivity contribution in [3.63, 3.8) is 0 Å². The third kappa shape index (κ3) is 4.02. The van der Waals surface area contributed by atoms with Crippen LogP contribution in [0.4, 0.5) is 21.3 Å². The highest BCUT2D eigenvalue weighted by atomic mass is 32.1. The lowest BCUT2D eigenvalue weighted by Gasteiger charge is -2.09. The minimum absolute atomic E-state index is 0.288. The maximum absolute atomic E-state index is 10.5. The summed E-state index contributed by atoms with van der Waals surface area (Å²) in [4.78, 5) is 14.8. The van der Waals surface area contributed by atoms with Crippen molar-refractivity contribution in [1.29, 1.82) is 0 Å². The fourth-order valence-corrected chi connectivity index (χ4v) is 2.80. The maximum atomic E-state index is 10.5. The third-order valence-electron chi connectivity index (χ3n) is 3.37. The Balaban J connectivity index is 1.71. The van der Waals surface area contributed by atoms with Crippen LogP contribution >= 0.6 is 11.3 Å². The van der Waals surface area contributed by atoms with Gasteiger partial charge in [0, 0.05) is 28.9 Å². The van der Waals surface area contributed by atoms with Gasteiger partial charge in [-0.2, -0.15) is 0 Å². The molecule has 1 heterocycles. The number of nitrogens with zero attached hydrogens (tertiary/aromatic N) is 1. The number of nitrogens with one attached hydrogen (secondary N) is 2. The highest BCUT2D eigenvalue weighted by Crippen LogP contribution is 2.26. The Morgan fingerprint density at radius 1 is 1.17 bits per heavy atom. The minimum Gasteiger partial charge on any atom is -0.465 e. The molecule has 0 radical (unpaired) electrons. The second-order valence-electron chi connectivity index (χ2n) is 5.13. The average molecular weight is 340 g/mol. The van der Waals surface area contributed by atoms with E-state index in [1.807, 2.05) is 53.9 Å². The van der Waals surface area contributed by atoms with Gasteiger partial charge >= 0.3 is 6.09 Å². The van der Waals surface area contributed by atoms with Crippen LogP contribution in [-0.2, 0) is 6.54 Å². The van der Waals surface area contributed by atoms with Gasteiger partial charge in [-0.1, -0.05) is 24.3 Å². The number of carboxylic acid groups (broad SMARTS) is 1. The fourth-order valence-electron chi connectivity index (χ4n) is 2.23. The predicted molar refractivity (Wildman–Crippen MR) is 96.6 cm³/mol. The molecule has 6 nitrogen and oxygen atoms in total. The number of benzene rings is 2. The molecule has 0 atom stereocenters. The van der Waals surface area contributed by atoms with Crippen LogP contribution in [0.3, 0.4) is 0 Å². The lowest BCUT2D eigenvalue weighted by atomic mass is 10.1. The molecule has 0 unspecified atom stereocenters. The van der Waals surface area contributed by atoms with Crippen molar-refractivity contribution in [3.05, 3.63) is 59.5 Å². The van der Waals surface area contributed by atoms with E-state index >= 15 is 0 Å². The minimum atomic E-state index is -1.03. The number of carbonyl (C=O) groups is 1. The van der Waals surface area contributed by atoms with Gasteiger partial charge in [-0.3, -0.25) is 0 Å². The number of aromatic nitrogens is 1. The lowest BCUT2D eigenvalue weighted by Crippen LogP contribution is -2.19. The molecule has 122 valence electrons. The zero-order chi connectivity index (χ0) is 16.9. The first-order valence-corrected chi connectivity index (χ1v) is 8.12. The highest BCUT2D eigenvalue weighted by Gasteiger charge is 2.04. The summed E-state index contributed by atoms with van der Waals surface area (Å²) in [5.41, 5.74) is 10.3. The molecule has 0 saturated heterocycles. The first-order chi connectivity index (χ1) is 11.6. The average Bonchev–Trinajstić information content (AvgIpc) is 3.01. The van der Waals surface area contributed by atoms with Gasteiger partial charge in [-0.25, -0.2) is 9.78 Å². The second-order valence-corrected chi connectivity index (χ2v) is 6.02. The number of hydrogen-bond donors (Lipinski definition) is 4. The summed E-state index contributed by atoms with van der Waals surface area (Å²) in [6.45, 7) is 0.288. The molecule has 0 bridgehead atoms. The molecule has 7 heteroatoms. The molecule has 0 fully saturated rings. The summed E-state index contributed by atoms with van der Waals surface area (Å²) < 4.78 is 0. The number of hydrogen-bond acceptors (Lipinski definition) is 5. The molecule has 1 amide bonds. The predicted octanol–water partition coefficient (Wildman–Crippen LogP) is 3.90. The summed E-state index contributed by atoms with van der Waals surface area (Å²) in [7, 11) is 0. The number of thiazole rings is 1. The summed E-state index contributed by atoms with van der Waals surface area (Å²) in [5, 5.41) is 16.7. The van der Waals surface area contributed by atoms with E-state index < -0.39 is 6.09 Å². The Morgan fingerprint density at radius 2 is 1.96 bits per heavy atom. The Labute approximate surface area is 143 Å². The maximum Gasteiger partial charge on any atom is 0.404 e. The van der Waals surface area contributed by atoms with Gasteiger partial charge < -0.3 is 21.5 Å². The number of nitrogen functional groups attached to an aromatic ring is 1. The smallest absolute Gasteiger partial charge is 0.404 e. The van der Waals surface area contributed by atoms with E-state index in [4.69, 9.17) is 10.8 Å². The number of amides is 1. The van der Waals surface area contributed by atoms with Gasteiger partial charge in [0.1, 0.15) is 0 Å². The van der Waals surface area contributed by atoms with Crippen LogP contribution in [0.1, 0.15) is 5.56 Å². The van der Waals surface area contributed by atoms with Crippen LogP contribution in [0.2, 0.25) is 0 Å². The summed E-state index contributed by atoms with van der Waals surface area (Å²) in [5.74, 6) is 0. The molecule has 3 rings (SSSR count). The zero-order valence-corrected chi connectivity index (χ0v) is 13.5. The van der Waals surface area contributed by atoms with Gasteiger partial charge in [0.2, 0.25) is 0 Å². The Kier molecular flexibility index (Phi) is 4.62. The molecule has 5 N–H and O–H groups in total. The molecule has 0 aliphatic carbocycles. The van der Waals surface area contributed by atoms with Crippen LogP contribution in [0.25, 0.3) is 11.3 Å². The molecule has 0 aliphatic heterocycles. The molecule has 0 saturated carbocycles. The topological polar surface area (TPSA) is 100 Å². The zero-order valence-electron chi connectivity index (χ0n) is 12.7. The van der Waals surface area contributed by atoms with Gasteiger partial charge in [0.25, 0.3) is 0 Å². The fraction of sp³-hybridized carbons (Fsp3) is 0.0588. The quantitative estimate of drug-likeness (QED) is 0.564. The number of anilines is 3. The first kappa shape index (κ1) is 15.8. The number of nitrogens with two attached hydrogens (primary N) is 1. The molecule has 24 heavy (non-hydrogen) atoms. The van der Waals surface area contributed by atoms with E-state index in [-0.39, 0.29) is 6.54 Å². The van der Waals surface area contributed by atoms with E-state index in [2.05, 4.69) is 15.6 Å². The first-order valence-electron chi connectivity index (χ1n) is 7.24. The SMILES string of the molecule is Nc1nc(-c2cccc(Nc3ccc(CNC(=O)O)cc3)c2)cs1. The van der Waals surface area contributed by atoms with Crippen molar-refractivity contribution >= 4 is 33.9 Å². The molecular formula is C17H16N4O2S. The third-order valence-corrected chi connectivity index (χ3v) is 4.04. The monoisotopic (exact) mass is 340 g/mol. The van der Waals surface area contributed by atoms with Crippen molar-refractivity contribution < 1.29 is 9.90 Å². The largest absolute Gasteiger partial charge is 0.465 e. The van der Waals surface area contributed by atoms with Crippen LogP contribution in [0.5, 0.6) is 0 Å². The summed E-state index contributed by atoms with van der Waals surface area (Å²) in [6, 6.07) is 15.5. The van der Waals surface area contributed by atoms with Crippen molar-refractivity contribution in [3.8, 4) is 11.3 Å². The van der Waals surface area contributed by atoms with Crippen LogP contribution in [-0.4, -0.2) is 16.2 Å². The Bertz CT molecular complexity index is 846. The van der Waals surface area contributed by atoms with Crippen LogP contribution in [0, 0.1) is 0 Å². The molecular weight excluding hydrogens is 324 g/mol. The van der Waals surface area contributed by atoms with E-state index in [0.717, 1.165) is 28.2 Å². The van der Waals surface area contributed by atoms with Crippen molar-refractivity contribution in [1.82, 2.24) is 10.3 Å². The van der Waals surface area contributed by atoms with Crippen LogP contribution in [0.15, 0.2) is 53.9 Å². The van der Waals surface area contributed by atoms with Crippen LogP contribution < -0.4 is 16.4 Å². The summed E-state index contributed by atoms with van der Waals surface area (Å²) in [6.07, 6.45) is -1.03. The lowest BCUT2D eigenvalue weighted by molar-refractivity contribution is 0.194. The van der Waals surface area contributed by atoms with E-state index in [9.17, 15) is 4.79 Å². The highest BCUT2D eigenvalue weighted by molar-refractivity contribution is 7.13. The molecule has 2 aromatic carbocycles. The van der Waals surface area contributed by atoms with Crippen molar-refractivity contribution in [2.75, 3.05) is 11.1 Å². The van der Waals surface area contributed by atoms with Crippen molar-refractivity contribution in [2.24, 2.45) is 0 Å². The molecule has 1 aromatic heterocycles. The molecule has 3 aromatic rings. The molecule has 0 aliphatic rings. The van der Waals surface area contributed by atoms with Gasteiger partial charge in [-0.05, 0) is 29.8 Å². The van der Waals surface area contributed by atoms with Gasteiger partial charge in [0.15, 0.2) is 5.13 Å². The number of rotatable bonds is 5. The van der Waals surface area contributed by atoms with E-state index in [1.165, 1.54) is 11.3 Å². The Morgan fingerprint density at radius 3 is 2.62 bits per heavy atom. The van der Waals surface area contributed by atoms with E-state index in [1.54, 1.807) is 0 Å². The second kappa shape index (κ2) is 7.01.